The topological polar surface area (TPSA) is 64.9 Å². The van der Waals surface area contributed by atoms with Gasteiger partial charge in [0.1, 0.15) is 0 Å². The lowest BCUT2D eigenvalue weighted by Gasteiger charge is -2.08. The van der Waals surface area contributed by atoms with Crippen molar-refractivity contribution in [3.63, 3.8) is 0 Å². The minimum absolute atomic E-state index is 0.111. The van der Waals surface area contributed by atoms with Gasteiger partial charge in [-0.15, -0.1) is 10.2 Å². The van der Waals surface area contributed by atoms with Gasteiger partial charge in [-0.05, 0) is 35.9 Å². The van der Waals surface area contributed by atoms with E-state index in [1.807, 2.05) is 24.3 Å². The highest BCUT2D eigenvalue weighted by atomic mass is 32.2. The first-order valence-electron chi connectivity index (χ1n) is 5.52. The smallest absolute Gasteiger partial charge is 0.281 e. The lowest BCUT2D eigenvalue weighted by Crippen LogP contribution is -2.07. The van der Waals surface area contributed by atoms with E-state index < -0.39 is 0 Å². The molecule has 0 saturated heterocycles. The molecule has 1 aromatic heterocycles. The third-order valence-electron chi connectivity index (χ3n) is 2.46. The SMILES string of the molecule is CC[C@@H](N)c1ccc(Sc2nnc(C)o2)cc1. The van der Waals surface area contributed by atoms with Crippen LogP contribution in [0.5, 0.6) is 0 Å². The van der Waals surface area contributed by atoms with Crippen molar-refractivity contribution in [2.45, 2.75) is 36.4 Å². The molecule has 17 heavy (non-hydrogen) atoms. The molecule has 0 spiro atoms. The molecule has 0 aliphatic carbocycles. The Morgan fingerprint density at radius 2 is 2.00 bits per heavy atom. The van der Waals surface area contributed by atoms with Crippen LogP contribution in [0.4, 0.5) is 0 Å². The molecular weight excluding hydrogens is 234 g/mol. The fourth-order valence-corrected chi connectivity index (χ4v) is 2.16. The number of benzene rings is 1. The Hall–Kier alpha value is -1.33. The normalized spacial score (nSPS) is 12.6. The van der Waals surface area contributed by atoms with E-state index in [0.717, 1.165) is 16.9 Å². The van der Waals surface area contributed by atoms with Crippen LogP contribution in [0, 0.1) is 6.92 Å². The zero-order valence-corrected chi connectivity index (χ0v) is 10.7. The summed E-state index contributed by atoms with van der Waals surface area (Å²) in [5, 5.41) is 8.29. The summed E-state index contributed by atoms with van der Waals surface area (Å²) >= 11 is 1.46. The van der Waals surface area contributed by atoms with Crippen molar-refractivity contribution in [1.29, 1.82) is 0 Å². The van der Waals surface area contributed by atoms with Crippen molar-refractivity contribution < 1.29 is 4.42 Å². The molecule has 4 nitrogen and oxygen atoms in total. The first kappa shape index (κ1) is 12.1. The maximum atomic E-state index is 5.95. The van der Waals surface area contributed by atoms with Crippen molar-refractivity contribution in [2.24, 2.45) is 5.73 Å². The Labute approximate surface area is 105 Å². The largest absolute Gasteiger partial charge is 0.416 e. The molecule has 2 rings (SSSR count). The van der Waals surface area contributed by atoms with E-state index in [1.165, 1.54) is 11.8 Å². The van der Waals surface area contributed by atoms with Crippen molar-refractivity contribution in [1.82, 2.24) is 10.2 Å². The minimum atomic E-state index is 0.111. The molecule has 0 unspecified atom stereocenters. The predicted octanol–water partition coefficient (Wildman–Crippen LogP) is 2.94. The molecule has 90 valence electrons. The Kier molecular flexibility index (Phi) is 3.81. The van der Waals surface area contributed by atoms with Gasteiger partial charge in [0.15, 0.2) is 0 Å². The van der Waals surface area contributed by atoms with Crippen molar-refractivity contribution in [2.75, 3.05) is 0 Å². The van der Waals surface area contributed by atoms with Crippen LogP contribution < -0.4 is 5.73 Å². The van der Waals surface area contributed by atoms with Crippen LogP contribution in [-0.4, -0.2) is 10.2 Å². The quantitative estimate of drug-likeness (QED) is 0.902. The van der Waals surface area contributed by atoms with E-state index in [1.54, 1.807) is 6.92 Å². The van der Waals surface area contributed by atoms with Gasteiger partial charge in [-0.1, -0.05) is 19.1 Å². The van der Waals surface area contributed by atoms with Gasteiger partial charge in [-0.25, -0.2) is 0 Å². The molecule has 0 bridgehead atoms. The average molecular weight is 249 g/mol. The highest BCUT2D eigenvalue weighted by molar-refractivity contribution is 7.99. The van der Waals surface area contributed by atoms with E-state index >= 15 is 0 Å². The fraction of sp³-hybridized carbons (Fsp3) is 0.333. The third-order valence-corrected chi connectivity index (χ3v) is 3.31. The van der Waals surface area contributed by atoms with Gasteiger partial charge in [0.2, 0.25) is 5.89 Å². The molecule has 1 atom stereocenters. The van der Waals surface area contributed by atoms with Crippen LogP contribution in [0.25, 0.3) is 0 Å². The Morgan fingerprint density at radius 3 is 2.53 bits per heavy atom. The third kappa shape index (κ3) is 3.08. The molecule has 2 N–H and O–H groups in total. The Balaban J connectivity index is 2.08. The molecular formula is C12H15N3OS. The summed E-state index contributed by atoms with van der Waals surface area (Å²) in [6.45, 7) is 3.86. The molecule has 0 aliphatic rings. The summed E-state index contributed by atoms with van der Waals surface area (Å²) in [6, 6.07) is 8.24. The lowest BCUT2D eigenvalue weighted by atomic mass is 10.1. The predicted molar refractivity (Wildman–Crippen MR) is 66.8 cm³/mol. The zero-order valence-electron chi connectivity index (χ0n) is 9.88. The maximum absolute atomic E-state index is 5.95. The van der Waals surface area contributed by atoms with Gasteiger partial charge in [-0.2, -0.15) is 0 Å². The van der Waals surface area contributed by atoms with Crippen LogP contribution in [0.1, 0.15) is 30.8 Å². The summed E-state index contributed by atoms with van der Waals surface area (Å²) < 4.78 is 5.30. The van der Waals surface area contributed by atoms with Gasteiger partial charge >= 0.3 is 0 Å². The second-order valence-corrected chi connectivity index (χ2v) is 4.80. The fourth-order valence-electron chi connectivity index (χ4n) is 1.44. The molecule has 5 heteroatoms. The number of nitrogens with two attached hydrogens (primary N) is 1. The molecule has 0 fully saturated rings. The Bertz CT molecular complexity index is 481. The Morgan fingerprint density at radius 1 is 1.29 bits per heavy atom. The van der Waals surface area contributed by atoms with E-state index in [-0.39, 0.29) is 6.04 Å². The van der Waals surface area contributed by atoms with E-state index in [0.29, 0.717) is 11.1 Å². The highest BCUT2D eigenvalue weighted by Crippen LogP contribution is 2.27. The summed E-state index contributed by atoms with van der Waals surface area (Å²) in [6.07, 6.45) is 0.940. The first-order chi connectivity index (χ1) is 8.19. The first-order valence-corrected chi connectivity index (χ1v) is 6.34. The van der Waals surface area contributed by atoms with Crippen molar-refractivity contribution in [3.8, 4) is 0 Å². The average Bonchev–Trinajstić information content (AvgIpc) is 2.75. The maximum Gasteiger partial charge on any atom is 0.281 e. The van der Waals surface area contributed by atoms with Gasteiger partial charge in [0, 0.05) is 17.9 Å². The van der Waals surface area contributed by atoms with E-state index in [9.17, 15) is 0 Å². The summed E-state index contributed by atoms with van der Waals surface area (Å²) in [5.41, 5.74) is 7.10. The monoisotopic (exact) mass is 249 g/mol. The standard InChI is InChI=1S/C12H15N3OS/c1-3-11(13)9-4-6-10(7-5-9)17-12-15-14-8(2)16-12/h4-7,11H,3,13H2,1-2H3/t11-/m1/s1. The van der Waals surface area contributed by atoms with Crippen molar-refractivity contribution in [3.05, 3.63) is 35.7 Å². The minimum Gasteiger partial charge on any atom is -0.416 e. The number of aryl methyl sites for hydroxylation is 1. The second kappa shape index (κ2) is 5.33. The molecule has 2 aromatic rings. The van der Waals surface area contributed by atoms with Crippen LogP contribution in [-0.2, 0) is 0 Å². The molecule has 0 aliphatic heterocycles. The van der Waals surface area contributed by atoms with E-state index in [2.05, 4.69) is 17.1 Å². The number of rotatable bonds is 4. The van der Waals surface area contributed by atoms with Crippen LogP contribution in [0.2, 0.25) is 0 Å². The van der Waals surface area contributed by atoms with Gasteiger partial charge < -0.3 is 10.2 Å². The molecule has 1 heterocycles. The van der Waals surface area contributed by atoms with Gasteiger partial charge in [0.25, 0.3) is 5.22 Å². The zero-order chi connectivity index (χ0) is 12.3. The number of hydrogen-bond acceptors (Lipinski definition) is 5. The number of aromatic nitrogens is 2. The highest BCUT2D eigenvalue weighted by Gasteiger charge is 2.06. The lowest BCUT2D eigenvalue weighted by molar-refractivity contribution is 0.429. The van der Waals surface area contributed by atoms with Crippen LogP contribution >= 0.6 is 11.8 Å². The molecule has 0 saturated carbocycles. The molecule has 0 radical (unpaired) electrons. The summed E-state index contributed by atoms with van der Waals surface area (Å²) in [7, 11) is 0. The number of nitrogens with zero attached hydrogens (tertiary/aromatic N) is 2. The summed E-state index contributed by atoms with van der Waals surface area (Å²) in [4.78, 5) is 1.07. The van der Waals surface area contributed by atoms with Crippen LogP contribution in [0.3, 0.4) is 0 Å². The summed E-state index contributed by atoms with van der Waals surface area (Å²) in [5.74, 6) is 0.581. The van der Waals surface area contributed by atoms with Crippen LogP contribution in [0.15, 0.2) is 38.8 Å². The number of hydrogen-bond donors (Lipinski definition) is 1. The molecule has 1 aromatic carbocycles. The van der Waals surface area contributed by atoms with Gasteiger partial charge in [0.05, 0.1) is 0 Å². The molecule has 0 amide bonds. The second-order valence-electron chi connectivity index (χ2n) is 3.77. The van der Waals surface area contributed by atoms with Gasteiger partial charge in [-0.3, -0.25) is 0 Å². The van der Waals surface area contributed by atoms with Crippen molar-refractivity contribution >= 4 is 11.8 Å². The van der Waals surface area contributed by atoms with E-state index in [4.69, 9.17) is 10.2 Å².